The number of hydrogen-bond acceptors (Lipinski definition) is 2. The summed E-state index contributed by atoms with van der Waals surface area (Å²) in [5, 5.41) is 2.36. The van der Waals surface area contributed by atoms with Gasteiger partial charge in [-0.25, -0.2) is 4.39 Å². The molecule has 0 aliphatic rings. The van der Waals surface area contributed by atoms with Gasteiger partial charge in [-0.3, -0.25) is 0 Å². The third kappa shape index (κ3) is 3.07. The molecule has 1 atom stereocenters. The fourth-order valence-corrected chi connectivity index (χ4v) is 3.46. The van der Waals surface area contributed by atoms with Crippen LogP contribution in [0, 0.1) is 5.82 Å². The highest BCUT2D eigenvalue weighted by Crippen LogP contribution is 2.29. The van der Waals surface area contributed by atoms with Crippen molar-refractivity contribution >= 4 is 38.9 Å². The maximum Gasteiger partial charge on any atom is 0.129 e. The molecule has 90 valence electrons. The highest BCUT2D eigenvalue weighted by atomic mass is 79.9. The van der Waals surface area contributed by atoms with Crippen molar-refractivity contribution < 1.29 is 4.39 Å². The van der Waals surface area contributed by atoms with Crippen molar-refractivity contribution in [3.63, 3.8) is 0 Å². The van der Waals surface area contributed by atoms with E-state index >= 15 is 0 Å². The van der Waals surface area contributed by atoms with Crippen molar-refractivity contribution in [2.24, 2.45) is 5.73 Å². The Morgan fingerprint density at radius 2 is 2.24 bits per heavy atom. The summed E-state index contributed by atoms with van der Waals surface area (Å²) < 4.78 is 14.7. The van der Waals surface area contributed by atoms with Crippen molar-refractivity contribution in [1.29, 1.82) is 0 Å². The van der Waals surface area contributed by atoms with Gasteiger partial charge in [0.15, 0.2) is 0 Å². The van der Waals surface area contributed by atoms with Crippen LogP contribution in [0.5, 0.6) is 0 Å². The summed E-state index contributed by atoms with van der Waals surface area (Å²) in [7, 11) is 0. The van der Waals surface area contributed by atoms with Gasteiger partial charge in [-0.15, -0.1) is 11.3 Å². The van der Waals surface area contributed by atoms with Crippen LogP contribution in [0.4, 0.5) is 4.39 Å². The Kier molecular flexibility index (Phi) is 4.20. The lowest BCUT2D eigenvalue weighted by molar-refractivity contribution is 0.582. The number of nitrogens with two attached hydrogens (primary N) is 1. The summed E-state index contributed by atoms with van der Waals surface area (Å²) in [4.78, 5) is 1.10. The van der Waals surface area contributed by atoms with Crippen molar-refractivity contribution in [3.8, 4) is 0 Å². The molecule has 2 rings (SSSR count). The van der Waals surface area contributed by atoms with Gasteiger partial charge in [-0.1, -0.05) is 17.7 Å². The maximum absolute atomic E-state index is 13.6. The SMILES string of the molecule is NC(Cc1cc(Br)cs1)c1c(F)cccc1Cl. The molecule has 0 aliphatic heterocycles. The normalized spacial score (nSPS) is 12.7. The largest absolute Gasteiger partial charge is 0.324 e. The average Bonchev–Trinajstić information content (AvgIpc) is 2.63. The minimum absolute atomic E-state index is 0.347. The Morgan fingerprint density at radius 3 is 2.82 bits per heavy atom. The second-order valence-corrected chi connectivity index (χ2v) is 6.00. The highest BCUT2D eigenvalue weighted by Gasteiger charge is 2.16. The zero-order valence-electron chi connectivity index (χ0n) is 8.79. The zero-order chi connectivity index (χ0) is 12.4. The molecule has 17 heavy (non-hydrogen) atoms. The van der Waals surface area contributed by atoms with E-state index in [0.29, 0.717) is 17.0 Å². The summed E-state index contributed by atoms with van der Waals surface area (Å²) in [6.45, 7) is 0. The van der Waals surface area contributed by atoms with Gasteiger partial charge in [0.25, 0.3) is 0 Å². The van der Waals surface area contributed by atoms with E-state index in [-0.39, 0.29) is 5.82 Å². The fourth-order valence-electron chi connectivity index (χ4n) is 1.64. The van der Waals surface area contributed by atoms with Gasteiger partial charge in [0.1, 0.15) is 5.82 Å². The zero-order valence-corrected chi connectivity index (χ0v) is 11.9. The molecule has 0 bridgehead atoms. The molecular weight excluding hydrogens is 325 g/mol. The quantitative estimate of drug-likeness (QED) is 0.876. The molecule has 1 aromatic heterocycles. The van der Waals surface area contributed by atoms with Gasteiger partial charge in [0.05, 0.1) is 0 Å². The van der Waals surface area contributed by atoms with Crippen molar-refractivity contribution in [2.45, 2.75) is 12.5 Å². The minimum atomic E-state index is -0.422. The first-order chi connectivity index (χ1) is 8.08. The third-order valence-corrected chi connectivity index (χ3v) is 4.46. The van der Waals surface area contributed by atoms with E-state index in [1.165, 1.54) is 6.07 Å². The van der Waals surface area contributed by atoms with E-state index in [2.05, 4.69) is 15.9 Å². The Bertz CT molecular complexity index is 509. The summed E-state index contributed by atoms with van der Waals surface area (Å²) in [6, 6.07) is 6.18. The topological polar surface area (TPSA) is 26.0 Å². The number of hydrogen-bond donors (Lipinski definition) is 1. The molecule has 0 saturated heterocycles. The van der Waals surface area contributed by atoms with E-state index in [1.54, 1.807) is 23.5 Å². The van der Waals surface area contributed by atoms with Crippen LogP contribution in [0.25, 0.3) is 0 Å². The van der Waals surface area contributed by atoms with Crippen LogP contribution in [0.15, 0.2) is 34.1 Å². The molecule has 0 amide bonds. The van der Waals surface area contributed by atoms with Gasteiger partial charge >= 0.3 is 0 Å². The summed E-state index contributed by atoms with van der Waals surface area (Å²) >= 11 is 10.9. The van der Waals surface area contributed by atoms with E-state index in [4.69, 9.17) is 17.3 Å². The molecule has 1 unspecified atom stereocenters. The summed E-state index contributed by atoms with van der Waals surface area (Å²) in [5.74, 6) is -0.347. The highest BCUT2D eigenvalue weighted by molar-refractivity contribution is 9.10. The lowest BCUT2D eigenvalue weighted by atomic mass is 10.0. The first kappa shape index (κ1) is 13.0. The molecule has 5 heteroatoms. The summed E-state index contributed by atoms with van der Waals surface area (Å²) in [5.41, 5.74) is 6.39. The summed E-state index contributed by atoms with van der Waals surface area (Å²) in [6.07, 6.45) is 0.580. The predicted octanol–water partition coefficient (Wildman–Crippen LogP) is 4.55. The van der Waals surface area contributed by atoms with Crippen molar-refractivity contribution in [2.75, 3.05) is 0 Å². The lowest BCUT2D eigenvalue weighted by Gasteiger charge is -2.13. The second kappa shape index (κ2) is 5.48. The van der Waals surface area contributed by atoms with E-state index in [1.807, 2.05) is 11.4 Å². The van der Waals surface area contributed by atoms with Crippen LogP contribution in [0.3, 0.4) is 0 Å². The minimum Gasteiger partial charge on any atom is -0.324 e. The van der Waals surface area contributed by atoms with Crippen LogP contribution in [0.2, 0.25) is 5.02 Å². The molecule has 2 N–H and O–H groups in total. The second-order valence-electron chi connectivity index (χ2n) is 3.68. The molecule has 0 saturated carbocycles. The van der Waals surface area contributed by atoms with E-state index in [0.717, 1.165) is 9.35 Å². The Hall–Kier alpha value is -0.420. The van der Waals surface area contributed by atoms with Gasteiger partial charge in [0.2, 0.25) is 0 Å². The van der Waals surface area contributed by atoms with E-state index in [9.17, 15) is 4.39 Å². The molecule has 1 heterocycles. The number of thiophene rings is 1. The van der Waals surface area contributed by atoms with Gasteiger partial charge in [-0.2, -0.15) is 0 Å². The smallest absolute Gasteiger partial charge is 0.129 e. The van der Waals surface area contributed by atoms with Crippen LogP contribution in [0.1, 0.15) is 16.5 Å². The first-order valence-corrected chi connectivity index (χ1v) is 7.05. The molecule has 0 spiro atoms. The first-order valence-electron chi connectivity index (χ1n) is 5.00. The van der Waals surface area contributed by atoms with Gasteiger partial charge < -0.3 is 5.73 Å². The number of halogens is 3. The molecule has 0 aliphatic carbocycles. The molecule has 0 fully saturated rings. The number of rotatable bonds is 3. The van der Waals surface area contributed by atoms with Crippen LogP contribution < -0.4 is 5.73 Å². The van der Waals surface area contributed by atoms with Gasteiger partial charge in [0, 0.05) is 37.8 Å². The van der Waals surface area contributed by atoms with Crippen molar-refractivity contribution in [3.05, 3.63) is 55.4 Å². The maximum atomic E-state index is 13.6. The van der Waals surface area contributed by atoms with Crippen LogP contribution in [-0.4, -0.2) is 0 Å². The lowest BCUT2D eigenvalue weighted by Crippen LogP contribution is -2.15. The monoisotopic (exact) mass is 333 g/mol. The van der Waals surface area contributed by atoms with Crippen LogP contribution in [-0.2, 0) is 6.42 Å². The molecule has 2 aromatic rings. The van der Waals surface area contributed by atoms with Crippen LogP contribution >= 0.6 is 38.9 Å². The molecule has 0 radical (unpaired) electrons. The number of benzene rings is 1. The Balaban J connectivity index is 2.22. The predicted molar refractivity (Wildman–Crippen MR) is 74.1 cm³/mol. The molecule has 1 nitrogen and oxygen atoms in total. The Labute approximate surface area is 117 Å². The molecule has 1 aromatic carbocycles. The standard InChI is InChI=1S/C12H10BrClFNS/c13-7-4-8(17-6-7)5-11(16)12-9(14)2-1-3-10(12)15/h1-4,6,11H,5,16H2. The van der Waals surface area contributed by atoms with E-state index < -0.39 is 6.04 Å². The third-order valence-electron chi connectivity index (χ3n) is 2.41. The van der Waals surface area contributed by atoms with Gasteiger partial charge in [-0.05, 0) is 34.1 Å². The molecular formula is C12H10BrClFNS. The van der Waals surface area contributed by atoms with Crippen molar-refractivity contribution in [1.82, 2.24) is 0 Å². The fraction of sp³-hybridized carbons (Fsp3) is 0.167. The average molecular weight is 335 g/mol. The Morgan fingerprint density at radius 1 is 1.47 bits per heavy atom.